The normalized spacial score (nSPS) is 11.3. The van der Waals surface area contributed by atoms with Gasteiger partial charge in [0.1, 0.15) is 0 Å². The van der Waals surface area contributed by atoms with Crippen LogP contribution in [0.2, 0.25) is 19.6 Å². The van der Waals surface area contributed by atoms with Gasteiger partial charge in [-0.3, -0.25) is 0 Å². The van der Waals surface area contributed by atoms with E-state index in [4.69, 9.17) is 0 Å². The van der Waals surface area contributed by atoms with Gasteiger partial charge in [0.25, 0.3) is 0 Å². The third-order valence-electron chi connectivity index (χ3n) is 4.11. The molecule has 0 fully saturated rings. The maximum Gasteiger partial charge on any atom is 0.0732 e. The minimum Gasteiger partial charge on any atom is -0.0728 e. The minimum atomic E-state index is -1.37. The fourth-order valence-electron chi connectivity index (χ4n) is 2.95. The molecule has 2 rings (SSSR count). The van der Waals surface area contributed by atoms with Gasteiger partial charge in [0.15, 0.2) is 0 Å². The van der Waals surface area contributed by atoms with Crippen LogP contribution in [-0.2, 0) is 0 Å². The van der Waals surface area contributed by atoms with Gasteiger partial charge in [-0.1, -0.05) is 105 Å². The molecule has 0 saturated heterocycles. The van der Waals surface area contributed by atoms with Crippen LogP contribution in [0.3, 0.4) is 0 Å². The molecule has 0 aromatic heterocycles. The zero-order valence-electron chi connectivity index (χ0n) is 14.4. The third kappa shape index (κ3) is 4.20. The Morgan fingerprint density at radius 3 is 1.59 bits per heavy atom. The molecule has 1 heteroatoms. The van der Waals surface area contributed by atoms with Crippen LogP contribution in [0.5, 0.6) is 0 Å². The molecule has 0 unspecified atom stereocenters. The lowest BCUT2D eigenvalue weighted by molar-refractivity contribution is 0.804. The molecule has 0 nitrogen and oxygen atoms in total. The molecule has 0 N–H and O–H groups in total. The van der Waals surface area contributed by atoms with Crippen LogP contribution >= 0.6 is 0 Å². The van der Waals surface area contributed by atoms with Crippen molar-refractivity contribution in [3.63, 3.8) is 0 Å². The van der Waals surface area contributed by atoms with E-state index in [0.29, 0.717) is 0 Å². The standard InChI is InChI=1S/C21H28Si/c1-5-6-17-20(22(2,3)4)21(18-13-9-7-10-14-18)19-15-11-8-12-16-19/h7-16H,5-6,17H2,1-4H3. The van der Waals surface area contributed by atoms with Crippen LogP contribution in [0.4, 0.5) is 0 Å². The van der Waals surface area contributed by atoms with E-state index in [1.165, 1.54) is 36.0 Å². The summed E-state index contributed by atoms with van der Waals surface area (Å²) >= 11 is 0. The molecule has 0 atom stereocenters. The van der Waals surface area contributed by atoms with Gasteiger partial charge in [0, 0.05) is 0 Å². The first kappa shape index (κ1) is 16.8. The molecule has 0 radical (unpaired) electrons. The van der Waals surface area contributed by atoms with Gasteiger partial charge in [-0.25, -0.2) is 0 Å². The van der Waals surface area contributed by atoms with Crippen LogP contribution in [-0.4, -0.2) is 8.07 Å². The number of hydrogen-bond acceptors (Lipinski definition) is 0. The highest BCUT2D eigenvalue weighted by atomic mass is 28.3. The summed E-state index contributed by atoms with van der Waals surface area (Å²) in [5, 5.41) is 1.70. The monoisotopic (exact) mass is 308 g/mol. The van der Waals surface area contributed by atoms with E-state index in [-0.39, 0.29) is 0 Å². The molecule has 0 aliphatic heterocycles. The molecule has 0 saturated carbocycles. The van der Waals surface area contributed by atoms with Gasteiger partial charge in [-0.15, -0.1) is 0 Å². The molecular weight excluding hydrogens is 280 g/mol. The molecule has 0 spiro atoms. The fourth-order valence-corrected chi connectivity index (χ4v) is 4.92. The molecule has 2 aromatic rings. The average molecular weight is 309 g/mol. The van der Waals surface area contributed by atoms with Crippen molar-refractivity contribution < 1.29 is 0 Å². The van der Waals surface area contributed by atoms with Crippen LogP contribution in [0.25, 0.3) is 5.57 Å². The first-order valence-corrected chi connectivity index (χ1v) is 11.9. The Balaban J connectivity index is 2.66. The summed E-state index contributed by atoms with van der Waals surface area (Å²) in [5.41, 5.74) is 4.21. The number of unbranched alkanes of at least 4 members (excludes halogenated alkanes) is 1. The predicted molar refractivity (Wildman–Crippen MR) is 102 cm³/mol. The molecular formula is C21H28Si. The zero-order valence-corrected chi connectivity index (χ0v) is 15.4. The Morgan fingerprint density at radius 2 is 1.23 bits per heavy atom. The topological polar surface area (TPSA) is 0 Å². The van der Waals surface area contributed by atoms with E-state index in [0.717, 1.165) is 0 Å². The second-order valence-corrected chi connectivity index (χ2v) is 12.0. The fraction of sp³-hybridized carbons (Fsp3) is 0.333. The Kier molecular flexibility index (Phi) is 5.79. The first-order valence-electron chi connectivity index (χ1n) is 8.38. The predicted octanol–water partition coefficient (Wildman–Crippen LogP) is 6.56. The van der Waals surface area contributed by atoms with Crippen molar-refractivity contribution in [3.05, 3.63) is 77.0 Å². The Labute approximate surface area is 136 Å². The van der Waals surface area contributed by atoms with E-state index < -0.39 is 8.07 Å². The number of allylic oxidation sites excluding steroid dienone is 1. The number of hydrogen-bond donors (Lipinski definition) is 0. The molecule has 22 heavy (non-hydrogen) atoms. The van der Waals surface area contributed by atoms with Crippen LogP contribution in [0, 0.1) is 0 Å². The quantitative estimate of drug-likeness (QED) is 0.530. The summed E-state index contributed by atoms with van der Waals surface area (Å²) in [7, 11) is -1.37. The van der Waals surface area contributed by atoms with E-state index in [2.05, 4.69) is 87.2 Å². The summed E-state index contributed by atoms with van der Waals surface area (Å²) in [4.78, 5) is 0. The highest BCUT2D eigenvalue weighted by Crippen LogP contribution is 2.34. The van der Waals surface area contributed by atoms with Crippen molar-refractivity contribution in [2.75, 3.05) is 0 Å². The molecule has 0 aliphatic carbocycles. The van der Waals surface area contributed by atoms with Crippen LogP contribution in [0.15, 0.2) is 65.9 Å². The molecule has 116 valence electrons. The van der Waals surface area contributed by atoms with E-state index in [1.807, 2.05) is 0 Å². The average Bonchev–Trinajstić information content (AvgIpc) is 2.52. The zero-order chi connectivity index (χ0) is 16.0. The summed E-state index contributed by atoms with van der Waals surface area (Å²) in [6.07, 6.45) is 3.76. The summed E-state index contributed by atoms with van der Waals surface area (Å²) in [6.45, 7) is 9.71. The Morgan fingerprint density at radius 1 is 0.773 bits per heavy atom. The van der Waals surface area contributed by atoms with Crippen molar-refractivity contribution in [2.45, 2.75) is 45.8 Å². The van der Waals surface area contributed by atoms with Crippen molar-refractivity contribution >= 4 is 13.6 Å². The third-order valence-corrected chi connectivity index (χ3v) is 6.42. The second-order valence-electron chi connectivity index (χ2n) is 6.94. The minimum absolute atomic E-state index is 1.23. The summed E-state index contributed by atoms with van der Waals surface area (Å²) in [5.74, 6) is 0. The van der Waals surface area contributed by atoms with Gasteiger partial charge in [-0.05, 0) is 23.1 Å². The molecule has 0 amide bonds. The van der Waals surface area contributed by atoms with Crippen molar-refractivity contribution in [1.29, 1.82) is 0 Å². The van der Waals surface area contributed by atoms with Crippen molar-refractivity contribution in [3.8, 4) is 0 Å². The SMILES string of the molecule is CCCCC(=C(c1ccccc1)c1ccccc1)[Si](C)(C)C. The molecule has 0 bridgehead atoms. The lowest BCUT2D eigenvalue weighted by atomic mass is 9.96. The molecule has 0 aliphatic rings. The van der Waals surface area contributed by atoms with Crippen LogP contribution < -0.4 is 0 Å². The smallest absolute Gasteiger partial charge is 0.0728 e. The Bertz CT molecular complexity index is 562. The number of rotatable bonds is 6. The van der Waals surface area contributed by atoms with Gasteiger partial charge in [0.05, 0.1) is 8.07 Å². The van der Waals surface area contributed by atoms with Crippen molar-refractivity contribution in [2.24, 2.45) is 0 Å². The lowest BCUT2D eigenvalue weighted by Crippen LogP contribution is -2.25. The molecule has 2 aromatic carbocycles. The van der Waals surface area contributed by atoms with Gasteiger partial charge >= 0.3 is 0 Å². The van der Waals surface area contributed by atoms with Gasteiger partial charge in [0.2, 0.25) is 0 Å². The second kappa shape index (κ2) is 7.60. The van der Waals surface area contributed by atoms with Gasteiger partial charge < -0.3 is 0 Å². The first-order chi connectivity index (χ1) is 10.5. The van der Waals surface area contributed by atoms with Gasteiger partial charge in [-0.2, -0.15) is 0 Å². The summed E-state index contributed by atoms with van der Waals surface area (Å²) in [6, 6.07) is 21.9. The Hall–Kier alpha value is -1.60. The lowest BCUT2D eigenvalue weighted by Gasteiger charge is -2.26. The maximum atomic E-state index is 2.48. The highest BCUT2D eigenvalue weighted by molar-refractivity contribution is 6.84. The van der Waals surface area contributed by atoms with E-state index in [9.17, 15) is 0 Å². The number of benzene rings is 2. The van der Waals surface area contributed by atoms with Crippen molar-refractivity contribution in [1.82, 2.24) is 0 Å². The molecule has 0 heterocycles. The highest BCUT2D eigenvalue weighted by Gasteiger charge is 2.24. The largest absolute Gasteiger partial charge is 0.0732 e. The van der Waals surface area contributed by atoms with Crippen LogP contribution in [0.1, 0.15) is 37.3 Å². The van der Waals surface area contributed by atoms with E-state index >= 15 is 0 Å². The van der Waals surface area contributed by atoms with E-state index in [1.54, 1.807) is 5.20 Å². The maximum absolute atomic E-state index is 2.48. The summed E-state index contributed by atoms with van der Waals surface area (Å²) < 4.78 is 0.